The van der Waals surface area contributed by atoms with Crippen LogP contribution in [-0.2, 0) is 14.8 Å². The number of ether oxygens (including phenoxy) is 1. The van der Waals surface area contributed by atoms with Gasteiger partial charge in [0.1, 0.15) is 0 Å². The molecule has 0 amide bonds. The van der Waals surface area contributed by atoms with Gasteiger partial charge in [-0.2, -0.15) is 0 Å². The zero-order valence-corrected chi connectivity index (χ0v) is 12.0. The highest BCUT2D eigenvalue weighted by atomic mass is 32.2. The predicted molar refractivity (Wildman–Crippen MR) is 73.8 cm³/mol. The maximum Gasteiger partial charge on any atom is 0.291 e. The van der Waals surface area contributed by atoms with Gasteiger partial charge in [0.05, 0.1) is 11.0 Å². The van der Waals surface area contributed by atoms with Crippen molar-refractivity contribution in [2.75, 3.05) is 18.9 Å². The highest BCUT2D eigenvalue weighted by Gasteiger charge is 2.26. The van der Waals surface area contributed by atoms with Crippen LogP contribution in [0.25, 0.3) is 0 Å². The van der Waals surface area contributed by atoms with Crippen molar-refractivity contribution in [3.8, 4) is 0 Å². The molecular weight excluding hydrogens is 286 g/mol. The van der Waals surface area contributed by atoms with Gasteiger partial charge in [0, 0.05) is 24.9 Å². The van der Waals surface area contributed by atoms with Crippen LogP contribution >= 0.6 is 0 Å². The van der Waals surface area contributed by atoms with E-state index in [1.54, 1.807) is 13.8 Å². The van der Waals surface area contributed by atoms with E-state index in [4.69, 9.17) is 10.5 Å². The maximum absolute atomic E-state index is 12.1. The van der Waals surface area contributed by atoms with Crippen LogP contribution in [0.4, 0.5) is 11.4 Å². The van der Waals surface area contributed by atoms with E-state index in [1.165, 1.54) is 6.07 Å². The van der Waals surface area contributed by atoms with Crippen molar-refractivity contribution < 1.29 is 18.1 Å². The molecule has 0 aromatic heterocycles. The normalized spacial score (nSPS) is 13.1. The zero-order chi connectivity index (χ0) is 15.3. The lowest BCUT2D eigenvalue weighted by Crippen LogP contribution is -2.32. The molecule has 112 valence electrons. The molecule has 0 aliphatic heterocycles. The molecule has 8 nitrogen and oxygen atoms in total. The molecule has 1 aromatic rings. The zero-order valence-electron chi connectivity index (χ0n) is 11.2. The molecular formula is C11H17N3O5S. The highest BCUT2D eigenvalue weighted by Crippen LogP contribution is 2.25. The molecule has 0 aliphatic carbocycles. The van der Waals surface area contributed by atoms with Crippen molar-refractivity contribution in [2.45, 2.75) is 24.8 Å². The number of nitrogens with one attached hydrogen (secondary N) is 1. The Kier molecular flexibility index (Phi) is 5.43. The summed E-state index contributed by atoms with van der Waals surface area (Å²) in [5.41, 5.74) is 5.00. The van der Waals surface area contributed by atoms with Crippen LogP contribution in [-0.4, -0.2) is 32.6 Å². The SMILES string of the molecule is CCOC(C)CNS(=O)(=O)c1ccc(N)cc1[N+](=O)[O-]. The minimum Gasteiger partial charge on any atom is -0.399 e. The van der Waals surface area contributed by atoms with Crippen molar-refractivity contribution >= 4 is 21.4 Å². The van der Waals surface area contributed by atoms with Crippen LogP contribution in [0.3, 0.4) is 0 Å². The Morgan fingerprint density at radius 1 is 1.50 bits per heavy atom. The van der Waals surface area contributed by atoms with Gasteiger partial charge in [-0.15, -0.1) is 0 Å². The van der Waals surface area contributed by atoms with E-state index in [0.717, 1.165) is 12.1 Å². The number of nitro groups is 1. The first kappa shape index (κ1) is 16.3. The molecule has 0 saturated carbocycles. The number of anilines is 1. The summed E-state index contributed by atoms with van der Waals surface area (Å²) in [5, 5.41) is 10.9. The third-order valence-electron chi connectivity index (χ3n) is 2.48. The number of nitrogen functional groups attached to an aromatic ring is 1. The Labute approximate surface area is 117 Å². The Morgan fingerprint density at radius 3 is 2.70 bits per heavy atom. The molecule has 3 N–H and O–H groups in total. The standard InChI is InChI=1S/C11H17N3O5S/c1-3-19-8(2)7-13-20(17,18)11-5-4-9(12)6-10(11)14(15)16/h4-6,8,13H,3,7,12H2,1-2H3. The molecule has 9 heteroatoms. The van der Waals surface area contributed by atoms with E-state index in [0.29, 0.717) is 6.61 Å². The second kappa shape index (κ2) is 6.64. The number of hydrogen-bond donors (Lipinski definition) is 2. The third-order valence-corrected chi connectivity index (χ3v) is 3.95. The van der Waals surface area contributed by atoms with Crippen LogP contribution in [0.2, 0.25) is 0 Å². The fourth-order valence-corrected chi connectivity index (χ4v) is 2.82. The smallest absolute Gasteiger partial charge is 0.291 e. The Morgan fingerprint density at radius 2 is 2.15 bits per heavy atom. The summed E-state index contributed by atoms with van der Waals surface area (Å²) in [6.07, 6.45) is -0.331. The molecule has 1 atom stereocenters. The van der Waals surface area contributed by atoms with Crippen LogP contribution in [0.15, 0.2) is 23.1 Å². The van der Waals surface area contributed by atoms with Crippen molar-refractivity contribution in [2.24, 2.45) is 0 Å². The quantitative estimate of drug-likeness (QED) is 0.437. The second-order valence-electron chi connectivity index (χ2n) is 4.10. The lowest BCUT2D eigenvalue weighted by atomic mass is 10.3. The van der Waals surface area contributed by atoms with Gasteiger partial charge in [0.2, 0.25) is 10.0 Å². The number of rotatable bonds is 7. The van der Waals surface area contributed by atoms with Gasteiger partial charge >= 0.3 is 0 Å². The van der Waals surface area contributed by atoms with E-state index < -0.39 is 25.5 Å². The van der Waals surface area contributed by atoms with Crippen molar-refractivity contribution in [3.05, 3.63) is 28.3 Å². The summed E-state index contributed by atoms with van der Waals surface area (Å²) >= 11 is 0. The van der Waals surface area contributed by atoms with Crippen molar-refractivity contribution in [1.82, 2.24) is 4.72 Å². The van der Waals surface area contributed by atoms with Gasteiger partial charge in [-0.05, 0) is 26.0 Å². The van der Waals surface area contributed by atoms with E-state index >= 15 is 0 Å². The molecule has 0 saturated heterocycles. The van der Waals surface area contributed by atoms with Crippen LogP contribution in [0.1, 0.15) is 13.8 Å². The first-order chi connectivity index (χ1) is 9.27. The van der Waals surface area contributed by atoms with E-state index in [9.17, 15) is 18.5 Å². The second-order valence-corrected chi connectivity index (χ2v) is 5.84. The summed E-state index contributed by atoms with van der Waals surface area (Å²) in [6.45, 7) is 3.96. The first-order valence-electron chi connectivity index (χ1n) is 5.93. The van der Waals surface area contributed by atoms with Gasteiger partial charge < -0.3 is 10.5 Å². The molecule has 20 heavy (non-hydrogen) atoms. The average molecular weight is 303 g/mol. The molecule has 1 unspecified atom stereocenters. The van der Waals surface area contributed by atoms with Crippen molar-refractivity contribution in [3.63, 3.8) is 0 Å². The molecule has 0 spiro atoms. The van der Waals surface area contributed by atoms with Gasteiger partial charge in [-0.3, -0.25) is 10.1 Å². The van der Waals surface area contributed by atoms with Gasteiger partial charge in [-0.1, -0.05) is 0 Å². The molecule has 1 aromatic carbocycles. The van der Waals surface area contributed by atoms with Crippen LogP contribution in [0.5, 0.6) is 0 Å². The third kappa shape index (κ3) is 4.15. The lowest BCUT2D eigenvalue weighted by Gasteiger charge is -2.13. The minimum atomic E-state index is -3.99. The molecule has 0 heterocycles. The fourth-order valence-electron chi connectivity index (χ4n) is 1.55. The van der Waals surface area contributed by atoms with Crippen LogP contribution in [0, 0.1) is 10.1 Å². The summed E-state index contributed by atoms with van der Waals surface area (Å²) in [7, 11) is -3.99. The summed E-state index contributed by atoms with van der Waals surface area (Å²) < 4.78 is 31.6. The molecule has 0 aliphatic rings. The largest absolute Gasteiger partial charge is 0.399 e. The van der Waals surface area contributed by atoms with Gasteiger partial charge in [0.15, 0.2) is 4.90 Å². The summed E-state index contributed by atoms with van der Waals surface area (Å²) in [4.78, 5) is 9.70. The number of nitrogens with zero attached hydrogens (tertiary/aromatic N) is 1. The Bertz CT molecular complexity index is 588. The molecule has 0 bridgehead atoms. The average Bonchev–Trinajstić information content (AvgIpc) is 2.36. The topological polar surface area (TPSA) is 125 Å². The van der Waals surface area contributed by atoms with E-state index in [2.05, 4.69) is 4.72 Å². The van der Waals surface area contributed by atoms with E-state index in [-0.39, 0.29) is 18.3 Å². The van der Waals surface area contributed by atoms with Gasteiger partial charge in [0.25, 0.3) is 5.69 Å². The predicted octanol–water partition coefficient (Wildman–Crippen LogP) is 0.880. The summed E-state index contributed by atoms with van der Waals surface area (Å²) in [6, 6.07) is 3.43. The number of nitrogens with two attached hydrogens (primary N) is 1. The number of hydrogen-bond acceptors (Lipinski definition) is 6. The fraction of sp³-hybridized carbons (Fsp3) is 0.455. The monoisotopic (exact) mass is 303 g/mol. The molecule has 0 fully saturated rings. The maximum atomic E-state index is 12.1. The number of benzene rings is 1. The van der Waals surface area contributed by atoms with Gasteiger partial charge in [-0.25, -0.2) is 13.1 Å². The van der Waals surface area contributed by atoms with Crippen molar-refractivity contribution in [1.29, 1.82) is 0 Å². The minimum absolute atomic E-state index is 0.0255. The summed E-state index contributed by atoms with van der Waals surface area (Å²) in [5.74, 6) is 0. The van der Waals surface area contributed by atoms with E-state index in [1.807, 2.05) is 0 Å². The molecule has 1 rings (SSSR count). The number of nitro benzene ring substituents is 1. The lowest BCUT2D eigenvalue weighted by molar-refractivity contribution is -0.387. The van der Waals surface area contributed by atoms with Crippen LogP contribution < -0.4 is 10.5 Å². The first-order valence-corrected chi connectivity index (χ1v) is 7.41. The molecule has 0 radical (unpaired) electrons. The number of sulfonamides is 1. The highest BCUT2D eigenvalue weighted by molar-refractivity contribution is 7.89. The Hall–Kier alpha value is -1.71. The Balaban J connectivity index is 3.01.